The van der Waals surface area contributed by atoms with Crippen molar-refractivity contribution < 1.29 is 4.52 Å². The van der Waals surface area contributed by atoms with Gasteiger partial charge in [-0.3, -0.25) is 0 Å². The lowest BCUT2D eigenvalue weighted by molar-refractivity contribution is 0.368. The molecule has 1 aliphatic rings. The molecule has 0 bridgehead atoms. The monoisotopic (exact) mass is 255 g/mol. The zero-order valence-electron chi connectivity index (χ0n) is 10.6. The van der Waals surface area contributed by atoms with Gasteiger partial charge in [-0.15, -0.1) is 0 Å². The van der Waals surface area contributed by atoms with Crippen molar-refractivity contribution in [1.82, 2.24) is 15.5 Å². The standard InChI is InChI=1S/C12H21N3OS/c1-9(13-2)7-11-14-12(16-15-11)8-10-5-3-4-6-17-10/h9-10,13H,3-8H2,1-2H3. The Morgan fingerprint density at radius 3 is 3.12 bits per heavy atom. The van der Waals surface area contributed by atoms with E-state index >= 15 is 0 Å². The van der Waals surface area contributed by atoms with E-state index in [-0.39, 0.29) is 0 Å². The van der Waals surface area contributed by atoms with Gasteiger partial charge < -0.3 is 9.84 Å². The predicted octanol–water partition coefficient (Wildman–Crippen LogP) is 2.05. The molecule has 2 unspecified atom stereocenters. The summed E-state index contributed by atoms with van der Waals surface area (Å²) in [6.45, 7) is 2.12. The Morgan fingerprint density at radius 2 is 2.41 bits per heavy atom. The van der Waals surface area contributed by atoms with Crippen LogP contribution in [0, 0.1) is 0 Å². The number of aromatic nitrogens is 2. The average molecular weight is 255 g/mol. The largest absolute Gasteiger partial charge is 0.339 e. The van der Waals surface area contributed by atoms with Crippen LogP contribution in [0.15, 0.2) is 4.52 Å². The summed E-state index contributed by atoms with van der Waals surface area (Å²) in [7, 11) is 1.95. The van der Waals surface area contributed by atoms with E-state index in [0.717, 1.165) is 24.6 Å². The van der Waals surface area contributed by atoms with Gasteiger partial charge in [0.05, 0.1) is 0 Å². The second kappa shape index (κ2) is 6.40. The highest BCUT2D eigenvalue weighted by Crippen LogP contribution is 2.27. The molecule has 1 aromatic rings. The SMILES string of the molecule is CNC(C)Cc1noc(CC2CCCCS2)n1. The van der Waals surface area contributed by atoms with Crippen molar-refractivity contribution in [3.8, 4) is 0 Å². The van der Waals surface area contributed by atoms with Gasteiger partial charge in [-0.05, 0) is 32.6 Å². The van der Waals surface area contributed by atoms with Gasteiger partial charge >= 0.3 is 0 Å². The van der Waals surface area contributed by atoms with Gasteiger partial charge in [0, 0.05) is 24.1 Å². The van der Waals surface area contributed by atoms with Crippen LogP contribution < -0.4 is 5.32 Å². The van der Waals surface area contributed by atoms with Gasteiger partial charge in [-0.25, -0.2) is 0 Å². The van der Waals surface area contributed by atoms with Gasteiger partial charge in [0.25, 0.3) is 0 Å². The molecule has 0 amide bonds. The number of nitrogens with one attached hydrogen (secondary N) is 1. The smallest absolute Gasteiger partial charge is 0.227 e. The fourth-order valence-electron chi connectivity index (χ4n) is 2.00. The first-order chi connectivity index (χ1) is 8.28. The molecule has 96 valence electrons. The summed E-state index contributed by atoms with van der Waals surface area (Å²) in [4.78, 5) is 4.46. The lowest BCUT2D eigenvalue weighted by Gasteiger charge is -2.19. The zero-order chi connectivity index (χ0) is 12.1. The molecule has 1 saturated heterocycles. The molecule has 4 nitrogen and oxygen atoms in total. The van der Waals surface area contributed by atoms with Crippen LogP contribution in [0.3, 0.4) is 0 Å². The fraction of sp³-hybridized carbons (Fsp3) is 0.833. The first kappa shape index (κ1) is 12.9. The van der Waals surface area contributed by atoms with Crippen molar-refractivity contribution in [2.75, 3.05) is 12.8 Å². The maximum Gasteiger partial charge on any atom is 0.227 e. The van der Waals surface area contributed by atoms with Crippen LogP contribution in [0.5, 0.6) is 0 Å². The quantitative estimate of drug-likeness (QED) is 0.872. The molecule has 1 N–H and O–H groups in total. The van der Waals surface area contributed by atoms with Crippen molar-refractivity contribution in [1.29, 1.82) is 0 Å². The molecule has 0 radical (unpaired) electrons. The van der Waals surface area contributed by atoms with Gasteiger partial charge in [0.2, 0.25) is 5.89 Å². The number of hydrogen-bond donors (Lipinski definition) is 1. The van der Waals surface area contributed by atoms with Crippen LogP contribution in [-0.2, 0) is 12.8 Å². The minimum Gasteiger partial charge on any atom is -0.339 e. The number of hydrogen-bond acceptors (Lipinski definition) is 5. The maximum absolute atomic E-state index is 5.31. The van der Waals surface area contributed by atoms with Crippen molar-refractivity contribution in [3.05, 3.63) is 11.7 Å². The predicted molar refractivity (Wildman–Crippen MR) is 70.3 cm³/mol. The van der Waals surface area contributed by atoms with Gasteiger partial charge in [0.15, 0.2) is 5.82 Å². The van der Waals surface area contributed by atoms with E-state index in [2.05, 4.69) is 22.4 Å². The Labute approximate surface area is 107 Å². The van der Waals surface area contributed by atoms with E-state index in [1.807, 2.05) is 18.8 Å². The molecule has 2 atom stereocenters. The molecule has 0 spiro atoms. The highest BCUT2D eigenvalue weighted by Gasteiger charge is 2.18. The maximum atomic E-state index is 5.31. The molecule has 2 rings (SSSR count). The van der Waals surface area contributed by atoms with Crippen LogP contribution in [0.1, 0.15) is 37.9 Å². The van der Waals surface area contributed by atoms with Crippen molar-refractivity contribution in [3.63, 3.8) is 0 Å². The summed E-state index contributed by atoms with van der Waals surface area (Å²) in [5.41, 5.74) is 0. The van der Waals surface area contributed by atoms with E-state index in [9.17, 15) is 0 Å². The topological polar surface area (TPSA) is 51.0 Å². The number of likely N-dealkylation sites (N-methyl/N-ethyl adjacent to an activating group) is 1. The van der Waals surface area contributed by atoms with Gasteiger partial charge in [-0.2, -0.15) is 16.7 Å². The minimum atomic E-state index is 0.393. The third-order valence-corrected chi connectivity index (χ3v) is 4.57. The summed E-state index contributed by atoms with van der Waals surface area (Å²) in [5.74, 6) is 2.91. The molecule has 1 aliphatic heterocycles. The third-order valence-electron chi connectivity index (χ3n) is 3.17. The molecule has 1 aromatic heterocycles. The summed E-state index contributed by atoms with van der Waals surface area (Å²) >= 11 is 2.05. The summed E-state index contributed by atoms with van der Waals surface area (Å²) < 4.78 is 5.31. The highest BCUT2D eigenvalue weighted by atomic mass is 32.2. The van der Waals surface area contributed by atoms with Crippen molar-refractivity contribution >= 4 is 11.8 Å². The Bertz CT molecular complexity index is 336. The molecule has 0 aromatic carbocycles. The van der Waals surface area contributed by atoms with Crippen LogP contribution in [0.4, 0.5) is 0 Å². The second-order valence-corrected chi connectivity index (χ2v) is 6.10. The van der Waals surface area contributed by atoms with Crippen molar-refractivity contribution in [2.45, 2.75) is 50.3 Å². The van der Waals surface area contributed by atoms with Crippen LogP contribution in [0.25, 0.3) is 0 Å². The Morgan fingerprint density at radius 1 is 1.53 bits per heavy atom. The summed E-state index contributed by atoms with van der Waals surface area (Å²) in [6, 6.07) is 0.393. The first-order valence-electron chi connectivity index (χ1n) is 6.38. The van der Waals surface area contributed by atoms with E-state index in [1.54, 1.807) is 0 Å². The van der Waals surface area contributed by atoms with Crippen LogP contribution >= 0.6 is 11.8 Å². The third kappa shape index (κ3) is 4.00. The first-order valence-corrected chi connectivity index (χ1v) is 7.43. The normalized spacial score (nSPS) is 22.6. The molecule has 1 fully saturated rings. The minimum absolute atomic E-state index is 0.393. The molecular weight excluding hydrogens is 234 g/mol. The fourth-order valence-corrected chi connectivity index (χ4v) is 3.29. The van der Waals surface area contributed by atoms with Crippen LogP contribution in [-0.4, -0.2) is 34.2 Å². The number of thioether (sulfide) groups is 1. The number of nitrogens with zero attached hydrogens (tertiary/aromatic N) is 2. The lowest BCUT2D eigenvalue weighted by Crippen LogP contribution is -2.24. The van der Waals surface area contributed by atoms with E-state index < -0.39 is 0 Å². The van der Waals surface area contributed by atoms with Gasteiger partial charge in [-0.1, -0.05) is 11.6 Å². The molecule has 17 heavy (non-hydrogen) atoms. The van der Waals surface area contributed by atoms with Crippen molar-refractivity contribution in [2.24, 2.45) is 0 Å². The van der Waals surface area contributed by atoms with E-state index in [0.29, 0.717) is 11.3 Å². The Kier molecular flexibility index (Phi) is 4.86. The second-order valence-electron chi connectivity index (χ2n) is 4.69. The molecule has 2 heterocycles. The van der Waals surface area contributed by atoms with Gasteiger partial charge in [0.1, 0.15) is 0 Å². The molecular formula is C12H21N3OS. The van der Waals surface area contributed by atoms with E-state index in [1.165, 1.54) is 25.0 Å². The highest BCUT2D eigenvalue weighted by molar-refractivity contribution is 7.99. The summed E-state index contributed by atoms with van der Waals surface area (Å²) in [5, 5.41) is 7.89. The summed E-state index contributed by atoms with van der Waals surface area (Å²) in [6.07, 6.45) is 5.75. The molecule has 5 heteroatoms. The number of rotatable bonds is 5. The average Bonchev–Trinajstić information content (AvgIpc) is 2.77. The molecule has 0 aliphatic carbocycles. The zero-order valence-corrected chi connectivity index (χ0v) is 11.4. The Balaban J connectivity index is 1.84. The van der Waals surface area contributed by atoms with Crippen LogP contribution in [0.2, 0.25) is 0 Å². The Hall–Kier alpha value is -0.550. The molecule has 0 saturated carbocycles. The lowest BCUT2D eigenvalue weighted by atomic mass is 10.1. The van der Waals surface area contributed by atoms with E-state index in [4.69, 9.17) is 4.52 Å².